The quantitative estimate of drug-likeness (QED) is 0.218. The van der Waals surface area contributed by atoms with Crippen molar-refractivity contribution in [3.63, 3.8) is 0 Å². The molecule has 0 aromatic heterocycles. The van der Waals surface area contributed by atoms with E-state index in [4.69, 9.17) is 14.2 Å². The predicted molar refractivity (Wildman–Crippen MR) is 163 cm³/mol. The number of nitrogens with one attached hydrogen (secondary N) is 4. The Labute approximate surface area is 251 Å². The van der Waals surface area contributed by atoms with Crippen LogP contribution in [-0.2, 0) is 20.9 Å². The van der Waals surface area contributed by atoms with E-state index in [-0.39, 0.29) is 30.8 Å². The van der Waals surface area contributed by atoms with Gasteiger partial charge in [-0.1, -0.05) is 42.5 Å². The molecule has 0 aliphatic rings. The highest BCUT2D eigenvalue weighted by molar-refractivity contribution is 6.10. The minimum atomic E-state index is -1.11. The molecule has 3 aromatic carbocycles. The molecule has 1 atom stereocenters. The van der Waals surface area contributed by atoms with Crippen molar-refractivity contribution in [2.24, 2.45) is 0 Å². The zero-order valence-electron chi connectivity index (χ0n) is 24.8. The van der Waals surface area contributed by atoms with Crippen molar-refractivity contribution in [2.45, 2.75) is 52.4 Å². The Bertz CT molecular complexity index is 1370. The van der Waals surface area contributed by atoms with Crippen LogP contribution < -0.4 is 26.0 Å². The van der Waals surface area contributed by atoms with E-state index >= 15 is 0 Å². The molecule has 0 spiro atoms. The molecule has 3 rings (SSSR count). The number of hydrogen-bond acceptors (Lipinski definition) is 7. The SMILES string of the molecule is CCOc1ccc(NC(=O)c2ccccc2NC(=O)[C@@H](CCNC(=O)OC(C)(C)C)NC(=O)OCc2ccccc2)cc1. The first-order chi connectivity index (χ1) is 20.5. The van der Waals surface area contributed by atoms with Gasteiger partial charge in [0.25, 0.3) is 5.91 Å². The van der Waals surface area contributed by atoms with Gasteiger partial charge in [-0.25, -0.2) is 9.59 Å². The van der Waals surface area contributed by atoms with Crippen molar-refractivity contribution in [1.29, 1.82) is 0 Å². The van der Waals surface area contributed by atoms with Crippen LogP contribution in [-0.4, -0.2) is 48.8 Å². The van der Waals surface area contributed by atoms with E-state index in [0.717, 1.165) is 5.56 Å². The van der Waals surface area contributed by atoms with Crippen LogP contribution in [0.3, 0.4) is 0 Å². The maximum atomic E-state index is 13.4. The number of anilines is 2. The second-order valence-electron chi connectivity index (χ2n) is 10.4. The summed E-state index contributed by atoms with van der Waals surface area (Å²) in [5.41, 5.74) is 1.07. The lowest BCUT2D eigenvalue weighted by molar-refractivity contribution is -0.118. The van der Waals surface area contributed by atoms with Crippen molar-refractivity contribution < 1.29 is 33.4 Å². The summed E-state index contributed by atoms with van der Waals surface area (Å²) >= 11 is 0. The summed E-state index contributed by atoms with van der Waals surface area (Å²) < 4.78 is 16.0. The Balaban J connectivity index is 1.69. The van der Waals surface area contributed by atoms with Crippen molar-refractivity contribution in [2.75, 3.05) is 23.8 Å². The third kappa shape index (κ3) is 11.4. The second kappa shape index (κ2) is 15.8. The molecule has 11 heteroatoms. The Hall–Kier alpha value is -5.06. The minimum absolute atomic E-state index is 0.00568. The van der Waals surface area contributed by atoms with E-state index in [1.807, 2.05) is 25.1 Å². The van der Waals surface area contributed by atoms with Crippen LogP contribution in [0.5, 0.6) is 5.75 Å². The molecular weight excluding hydrogens is 552 g/mol. The van der Waals surface area contributed by atoms with Crippen LogP contribution in [0, 0.1) is 0 Å². The van der Waals surface area contributed by atoms with Gasteiger partial charge < -0.3 is 35.5 Å². The van der Waals surface area contributed by atoms with Crippen LogP contribution >= 0.6 is 0 Å². The highest BCUT2D eigenvalue weighted by Crippen LogP contribution is 2.20. The van der Waals surface area contributed by atoms with Crippen molar-refractivity contribution in [3.05, 3.63) is 90.0 Å². The molecule has 43 heavy (non-hydrogen) atoms. The molecule has 0 heterocycles. The molecular formula is C32H38N4O7. The summed E-state index contributed by atoms with van der Waals surface area (Å²) in [7, 11) is 0. The van der Waals surface area contributed by atoms with E-state index in [9.17, 15) is 19.2 Å². The van der Waals surface area contributed by atoms with Gasteiger partial charge in [0.1, 0.15) is 24.0 Å². The average Bonchev–Trinajstić information content (AvgIpc) is 2.96. The monoisotopic (exact) mass is 590 g/mol. The van der Waals surface area contributed by atoms with Crippen LogP contribution in [0.25, 0.3) is 0 Å². The van der Waals surface area contributed by atoms with Gasteiger partial charge in [0.2, 0.25) is 5.91 Å². The number of carbonyl (C=O) groups is 4. The Morgan fingerprint density at radius 3 is 2.16 bits per heavy atom. The Morgan fingerprint density at radius 1 is 0.814 bits per heavy atom. The number of alkyl carbamates (subject to hydrolysis) is 2. The Kier molecular flexibility index (Phi) is 11.9. The third-order valence-electron chi connectivity index (χ3n) is 5.78. The molecule has 4 N–H and O–H groups in total. The van der Waals surface area contributed by atoms with Gasteiger partial charge in [-0.3, -0.25) is 9.59 Å². The van der Waals surface area contributed by atoms with Crippen molar-refractivity contribution in [1.82, 2.24) is 10.6 Å². The molecule has 0 aliphatic heterocycles. The number of benzene rings is 3. The number of amides is 4. The lowest BCUT2D eigenvalue weighted by Gasteiger charge is -2.21. The van der Waals surface area contributed by atoms with Crippen LogP contribution in [0.15, 0.2) is 78.9 Å². The molecule has 0 aliphatic carbocycles. The molecule has 3 aromatic rings. The molecule has 0 unspecified atom stereocenters. The van der Waals surface area contributed by atoms with E-state index in [1.165, 1.54) is 0 Å². The normalized spacial score (nSPS) is 11.4. The molecule has 228 valence electrons. The van der Waals surface area contributed by atoms with Gasteiger partial charge in [0, 0.05) is 12.2 Å². The summed E-state index contributed by atoms with van der Waals surface area (Å²) in [4.78, 5) is 51.2. The first-order valence-electron chi connectivity index (χ1n) is 13.9. The average molecular weight is 591 g/mol. The van der Waals surface area contributed by atoms with Gasteiger partial charge in [-0.15, -0.1) is 0 Å². The van der Waals surface area contributed by atoms with Gasteiger partial charge in [-0.2, -0.15) is 0 Å². The highest BCUT2D eigenvalue weighted by Gasteiger charge is 2.24. The van der Waals surface area contributed by atoms with Crippen LogP contribution in [0.2, 0.25) is 0 Å². The molecule has 0 saturated heterocycles. The lowest BCUT2D eigenvalue weighted by Crippen LogP contribution is -2.46. The summed E-state index contributed by atoms with van der Waals surface area (Å²) in [6, 6.07) is 21.4. The van der Waals surface area contributed by atoms with Crippen LogP contribution in [0.4, 0.5) is 21.0 Å². The van der Waals surface area contributed by atoms with E-state index in [2.05, 4.69) is 21.3 Å². The molecule has 11 nitrogen and oxygen atoms in total. The zero-order chi connectivity index (χ0) is 31.2. The largest absolute Gasteiger partial charge is 0.494 e. The summed E-state index contributed by atoms with van der Waals surface area (Å²) in [6.45, 7) is 7.63. The maximum absolute atomic E-state index is 13.4. The fourth-order valence-corrected chi connectivity index (χ4v) is 3.82. The standard InChI is InChI=1S/C32H38N4O7/c1-5-41-24-17-15-23(16-18-24)34-28(37)25-13-9-10-14-26(25)35-29(38)27(19-20-33-30(39)43-32(2,3)4)36-31(40)42-21-22-11-7-6-8-12-22/h6-18,27H,5,19-21H2,1-4H3,(H,33,39)(H,34,37)(H,35,38)(H,36,40)/t27-/m1/s1. The maximum Gasteiger partial charge on any atom is 0.408 e. The van der Waals surface area contributed by atoms with Gasteiger partial charge >= 0.3 is 12.2 Å². The first kappa shape index (κ1) is 32.5. The zero-order valence-corrected chi connectivity index (χ0v) is 24.8. The second-order valence-corrected chi connectivity index (χ2v) is 10.4. The smallest absolute Gasteiger partial charge is 0.408 e. The van der Waals surface area contributed by atoms with Crippen LogP contribution in [0.1, 0.15) is 50.0 Å². The minimum Gasteiger partial charge on any atom is -0.494 e. The van der Waals surface area contributed by atoms with E-state index in [0.29, 0.717) is 18.0 Å². The number of para-hydroxylation sites is 1. The molecule has 4 amide bonds. The summed E-state index contributed by atoms with van der Waals surface area (Å²) in [5, 5.41) is 10.7. The lowest BCUT2D eigenvalue weighted by atomic mass is 10.1. The van der Waals surface area contributed by atoms with E-state index < -0.39 is 35.6 Å². The molecule has 0 saturated carbocycles. The van der Waals surface area contributed by atoms with Crippen molar-refractivity contribution >= 4 is 35.4 Å². The van der Waals surface area contributed by atoms with Gasteiger partial charge in [-0.05, 0) is 76.1 Å². The fraction of sp³-hybridized carbons (Fsp3) is 0.312. The third-order valence-corrected chi connectivity index (χ3v) is 5.78. The van der Waals surface area contributed by atoms with Gasteiger partial charge in [0.15, 0.2) is 0 Å². The topological polar surface area (TPSA) is 144 Å². The fourth-order valence-electron chi connectivity index (χ4n) is 3.82. The molecule has 0 radical (unpaired) electrons. The number of carbonyl (C=O) groups excluding carboxylic acids is 4. The molecule has 0 fully saturated rings. The predicted octanol–water partition coefficient (Wildman–Crippen LogP) is 5.49. The van der Waals surface area contributed by atoms with Gasteiger partial charge in [0.05, 0.1) is 17.9 Å². The number of ether oxygens (including phenoxy) is 3. The summed E-state index contributed by atoms with van der Waals surface area (Å²) in [6.07, 6.45) is -1.45. The number of rotatable bonds is 12. The number of hydrogen-bond donors (Lipinski definition) is 4. The van der Waals surface area contributed by atoms with E-state index in [1.54, 1.807) is 81.4 Å². The summed E-state index contributed by atoms with van der Waals surface area (Å²) in [5.74, 6) is -0.377. The first-order valence-corrected chi connectivity index (χ1v) is 13.9. The Morgan fingerprint density at radius 2 is 1.49 bits per heavy atom. The van der Waals surface area contributed by atoms with Crippen molar-refractivity contribution in [3.8, 4) is 5.75 Å². The molecule has 0 bridgehead atoms. The highest BCUT2D eigenvalue weighted by atomic mass is 16.6.